The van der Waals surface area contributed by atoms with Crippen LogP contribution in [0.2, 0.25) is 0 Å². The maximum atomic E-state index is 11.3. The van der Waals surface area contributed by atoms with Gasteiger partial charge in [-0.25, -0.2) is 4.79 Å². The van der Waals surface area contributed by atoms with E-state index in [1.807, 2.05) is 20.8 Å². The second kappa shape index (κ2) is 5.70. The quantitative estimate of drug-likeness (QED) is 0.728. The van der Waals surface area contributed by atoms with Crippen LogP contribution in [0.1, 0.15) is 33.6 Å². The predicted octanol–water partition coefficient (Wildman–Crippen LogP) is 1.35. The summed E-state index contributed by atoms with van der Waals surface area (Å²) in [5.74, 6) is 0.160. The van der Waals surface area contributed by atoms with E-state index in [0.717, 1.165) is 12.1 Å². The van der Waals surface area contributed by atoms with E-state index in [-0.39, 0.29) is 5.78 Å². The lowest BCUT2D eigenvalue weighted by atomic mass is 10.2. The third-order valence-corrected chi connectivity index (χ3v) is 2.12. The zero-order chi connectivity index (χ0) is 12.9. The Morgan fingerprint density at radius 3 is 2.59 bits per heavy atom. The molecule has 2 N–H and O–H groups in total. The van der Waals surface area contributed by atoms with E-state index in [9.17, 15) is 9.59 Å². The Labute approximate surface area is 102 Å². The number of ether oxygens (including phenoxy) is 1. The Morgan fingerprint density at radius 2 is 2.06 bits per heavy atom. The molecule has 0 saturated carbocycles. The standard InChI is InChI=1S/C12H20N2O3/c1-12(2,3)17-11(16)14-7-6-13-9-4-5-10(15)8-9/h8,13H,4-7H2,1-3H3,(H,14,16). The van der Waals surface area contributed by atoms with Crippen LogP contribution in [0.3, 0.4) is 0 Å². The summed E-state index contributed by atoms with van der Waals surface area (Å²) in [6, 6.07) is 0. The maximum absolute atomic E-state index is 11.3. The van der Waals surface area contributed by atoms with Crippen LogP contribution in [0, 0.1) is 0 Å². The van der Waals surface area contributed by atoms with Crippen molar-refractivity contribution in [3.05, 3.63) is 11.8 Å². The molecule has 0 aromatic carbocycles. The second-order valence-electron chi connectivity index (χ2n) is 4.99. The molecule has 5 nitrogen and oxygen atoms in total. The number of allylic oxidation sites excluding steroid dienone is 2. The zero-order valence-corrected chi connectivity index (χ0v) is 10.6. The van der Waals surface area contributed by atoms with Gasteiger partial charge in [0, 0.05) is 31.3 Å². The molecule has 0 aromatic heterocycles. The van der Waals surface area contributed by atoms with Crippen molar-refractivity contribution in [2.45, 2.75) is 39.2 Å². The van der Waals surface area contributed by atoms with Crippen molar-refractivity contribution in [1.82, 2.24) is 10.6 Å². The smallest absolute Gasteiger partial charge is 0.407 e. The monoisotopic (exact) mass is 240 g/mol. The summed E-state index contributed by atoms with van der Waals surface area (Å²) in [4.78, 5) is 22.2. The summed E-state index contributed by atoms with van der Waals surface area (Å²) in [5.41, 5.74) is 0.471. The average Bonchev–Trinajstić information content (AvgIpc) is 2.56. The van der Waals surface area contributed by atoms with Crippen molar-refractivity contribution in [2.75, 3.05) is 13.1 Å². The summed E-state index contributed by atoms with van der Waals surface area (Å²) >= 11 is 0. The molecular formula is C12H20N2O3. The first-order valence-electron chi connectivity index (χ1n) is 5.81. The summed E-state index contributed by atoms with van der Waals surface area (Å²) < 4.78 is 5.08. The lowest BCUT2D eigenvalue weighted by Crippen LogP contribution is -2.36. The van der Waals surface area contributed by atoms with Crippen LogP contribution < -0.4 is 10.6 Å². The van der Waals surface area contributed by atoms with Gasteiger partial charge in [-0.1, -0.05) is 0 Å². The average molecular weight is 240 g/mol. The Morgan fingerprint density at radius 1 is 1.35 bits per heavy atom. The number of nitrogens with one attached hydrogen (secondary N) is 2. The van der Waals surface area contributed by atoms with Gasteiger partial charge in [0.1, 0.15) is 5.60 Å². The van der Waals surface area contributed by atoms with Gasteiger partial charge in [-0.2, -0.15) is 0 Å². The molecule has 0 aromatic rings. The van der Waals surface area contributed by atoms with E-state index in [1.165, 1.54) is 0 Å². The Hall–Kier alpha value is -1.52. The number of hydrogen-bond donors (Lipinski definition) is 2. The van der Waals surface area contributed by atoms with Gasteiger partial charge >= 0.3 is 6.09 Å². The molecule has 96 valence electrons. The Kier molecular flexibility index (Phi) is 4.54. The molecule has 1 rings (SSSR count). The highest BCUT2D eigenvalue weighted by Gasteiger charge is 2.15. The predicted molar refractivity (Wildman–Crippen MR) is 64.6 cm³/mol. The number of amides is 1. The van der Waals surface area contributed by atoms with Crippen LogP contribution in [-0.4, -0.2) is 30.6 Å². The van der Waals surface area contributed by atoms with Crippen LogP contribution >= 0.6 is 0 Å². The molecule has 0 spiro atoms. The first-order valence-corrected chi connectivity index (χ1v) is 5.81. The normalized spacial score (nSPS) is 15.5. The topological polar surface area (TPSA) is 67.4 Å². The molecule has 1 aliphatic carbocycles. The van der Waals surface area contributed by atoms with E-state index in [1.54, 1.807) is 6.08 Å². The van der Waals surface area contributed by atoms with Crippen molar-refractivity contribution in [3.8, 4) is 0 Å². The van der Waals surface area contributed by atoms with Gasteiger partial charge in [0.15, 0.2) is 5.78 Å². The second-order valence-corrected chi connectivity index (χ2v) is 4.99. The van der Waals surface area contributed by atoms with Crippen LogP contribution in [0.5, 0.6) is 0 Å². The molecule has 5 heteroatoms. The third kappa shape index (κ3) is 5.94. The highest BCUT2D eigenvalue weighted by molar-refractivity contribution is 5.92. The number of carbonyl (C=O) groups is 2. The van der Waals surface area contributed by atoms with Gasteiger partial charge in [0.2, 0.25) is 0 Å². The lowest BCUT2D eigenvalue weighted by molar-refractivity contribution is -0.114. The maximum Gasteiger partial charge on any atom is 0.407 e. The summed E-state index contributed by atoms with van der Waals surface area (Å²) in [7, 11) is 0. The van der Waals surface area contributed by atoms with Crippen LogP contribution in [0.25, 0.3) is 0 Å². The number of alkyl carbamates (subject to hydrolysis) is 1. The van der Waals surface area contributed by atoms with Gasteiger partial charge in [0.25, 0.3) is 0 Å². The van der Waals surface area contributed by atoms with Crippen LogP contribution in [0.4, 0.5) is 4.79 Å². The number of rotatable bonds is 4. The fraction of sp³-hybridized carbons (Fsp3) is 0.667. The largest absolute Gasteiger partial charge is 0.444 e. The van der Waals surface area contributed by atoms with E-state index >= 15 is 0 Å². The van der Waals surface area contributed by atoms with E-state index < -0.39 is 11.7 Å². The van der Waals surface area contributed by atoms with E-state index in [4.69, 9.17) is 4.74 Å². The molecular weight excluding hydrogens is 220 g/mol. The Balaban J connectivity index is 2.10. The first kappa shape index (κ1) is 13.5. The molecule has 0 unspecified atom stereocenters. The SMILES string of the molecule is CC(C)(C)OC(=O)NCCNC1=CC(=O)CC1. The highest BCUT2D eigenvalue weighted by atomic mass is 16.6. The summed E-state index contributed by atoms with van der Waals surface area (Å²) in [6.45, 7) is 6.53. The molecule has 1 amide bonds. The van der Waals surface area contributed by atoms with Gasteiger partial charge < -0.3 is 15.4 Å². The highest BCUT2D eigenvalue weighted by Crippen LogP contribution is 2.11. The molecule has 17 heavy (non-hydrogen) atoms. The van der Waals surface area contributed by atoms with Crippen molar-refractivity contribution in [1.29, 1.82) is 0 Å². The molecule has 0 aliphatic heterocycles. The third-order valence-electron chi connectivity index (χ3n) is 2.12. The van der Waals surface area contributed by atoms with Gasteiger partial charge in [-0.05, 0) is 27.2 Å². The molecule has 0 saturated heterocycles. The van der Waals surface area contributed by atoms with Crippen LogP contribution in [-0.2, 0) is 9.53 Å². The minimum absolute atomic E-state index is 0.160. The molecule has 0 atom stereocenters. The lowest BCUT2D eigenvalue weighted by Gasteiger charge is -2.19. The number of carbonyl (C=O) groups excluding carboxylic acids is 2. The molecule has 1 aliphatic rings. The first-order chi connectivity index (χ1) is 7.87. The zero-order valence-electron chi connectivity index (χ0n) is 10.6. The van der Waals surface area contributed by atoms with Crippen molar-refractivity contribution in [3.63, 3.8) is 0 Å². The fourth-order valence-corrected chi connectivity index (χ4v) is 1.44. The molecule has 0 bridgehead atoms. The van der Waals surface area contributed by atoms with E-state index in [2.05, 4.69) is 10.6 Å². The number of hydrogen-bond acceptors (Lipinski definition) is 4. The minimum atomic E-state index is -0.474. The van der Waals surface area contributed by atoms with Gasteiger partial charge in [-0.3, -0.25) is 4.79 Å². The summed E-state index contributed by atoms with van der Waals surface area (Å²) in [6.07, 6.45) is 2.55. The van der Waals surface area contributed by atoms with Crippen molar-refractivity contribution < 1.29 is 14.3 Å². The fourth-order valence-electron chi connectivity index (χ4n) is 1.44. The van der Waals surface area contributed by atoms with Crippen molar-refractivity contribution >= 4 is 11.9 Å². The van der Waals surface area contributed by atoms with Gasteiger partial charge in [-0.15, -0.1) is 0 Å². The molecule has 0 heterocycles. The summed E-state index contributed by atoms with van der Waals surface area (Å²) in [5, 5.41) is 5.74. The van der Waals surface area contributed by atoms with E-state index in [0.29, 0.717) is 19.5 Å². The minimum Gasteiger partial charge on any atom is -0.444 e. The van der Waals surface area contributed by atoms with Crippen molar-refractivity contribution in [2.24, 2.45) is 0 Å². The Bertz CT molecular complexity index is 329. The number of ketones is 1. The molecule has 0 radical (unpaired) electrons. The molecule has 0 fully saturated rings. The van der Waals surface area contributed by atoms with Gasteiger partial charge in [0.05, 0.1) is 0 Å². The van der Waals surface area contributed by atoms with Crippen LogP contribution in [0.15, 0.2) is 11.8 Å².